The van der Waals surface area contributed by atoms with Crippen LogP contribution in [-0.4, -0.2) is 60.6 Å². The molecule has 1 saturated carbocycles. The summed E-state index contributed by atoms with van der Waals surface area (Å²) in [7, 11) is 1.23. The van der Waals surface area contributed by atoms with Crippen molar-refractivity contribution in [1.29, 1.82) is 0 Å². The quantitative estimate of drug-likeness (QED) is 0.548. The van der Waals surface area contributed by atoms with E-state index in [9.17, 15) is 19.2 Å². The molecule has 2 N–H and O–H groups in total. The van der Waals surface area contributed by atoms with Crippen molar-refractivity contribution in [2.24, 2.45) is 5.92 Å². The second-order valence-corrected chi connectivity index (χ2v) is 9.01. The van der Waals surface area contributed by atoms with Crippen LogP contribution in [0.2, 0.25) is 0 Å². The summed E-state index contributed by atoms with van der Waals surface area (Å²) in [6.45, 7) is 10.3. The number of nitrogens with zero attached hydrogens (tertiary/aromatic N) is 1. The Kier molecular flexibility index (Phi) is 8.62. The number of alkyl carbamates (subject to hydrolysis) is 1. The number of hydrogen-bond acceptors (Lipinski definition) is 6. The van der Waals surface area contributed by atoms with Gasteiger partial charge in [0.1, 0.15) is 24.7 Å². The van der Waals surface area contributed by atoms with Gasteiger partial charge >= 0.3 is 12.1 Å². The molecule has 1 aliphatic rings. The van der Waals surface area contributed by atoms with Crippen molar-refractivity contribution in [3.05, 3.63) is 42.0 Å². The largest absolute Gasteiger partial charge is 0.468 e. The summed E-state index contributed by atoms with van der Waals surface area (Å²) in [6.07, 6.45) is 1.64. The van der Waals surface area contributed by atoms with E-state index in [4.69, 9.17) is 4.74 Å². The van der Waals surface area contributed by atoms with E-state index >= 15 is 0 Å². The van der Waals surface area contributed by atoms with Gasteiger partial charge in [-0.2, -0.15) is 0 Å². The second kappa shape index (κ2) is 11.0. The predicted molar refractivity (Wildman–Crippen MR) is 123 cm³/mol. The van der Waals surface area contributed by atoms with E-state index in [1.165, 1.54) is 12.0 Å². The molecule has 0 saturated heterocycles. The standard InChI is InChI=1S/C24H33N3O6/c1-7-16-9-8-10-17(12-16)21(22(30)25-14-20(29)32-6)27(18-11-15(18)2)19(28)13-26-23(31)33-24(3,4)5/h7-10,12,15,18,21H,1,11,13-14H2,2-6H3,(H,25,30)(H,26,31). The Morgan fingerprint density at radius 1 is 1.21 bits per heavy atom. The maximum Gasteiger partial charge on any atom is 0.408 e. The molecule has 9 heteroatoms. The van der Waals surface area contributed by atoms with Gasteiger partial charge in [0, 0.05) is 6.04 Å². The van der Waals surface area contributed by atoms with Gasteiger partial charge in [-0.25, -0.2) is 4.79 Å². The van der Waals surface area contributed by atoms with Crippen LogP contribution in [0.25, 0.3) is 6.08 Å². The third-order valence-corrected chi connectivity index (χ3v) is 5.12. The first-order valence-electron chi connectivity index (χ1n) is 10.8. The van der Waals surface area contributed by atoms with Crippen LogP contribution < -0.4 is 10.6 Å². The number of nitrogens with one attached hydrogen (secondary N) is 2. The Hall–Kier alpha value is -3.36. The van der Waals surface area contributed by atoms with Crippen LogP contribution in [0.4, 0.5) is 4.79 Å². The van der Waals surface area contributed by atoms with Gasteiger partial charge < -0.3 is 25.0 Å². The molecule has 0 aliphatic heterocycles. The summed E-state index contributed by atoms with van der Waals surface area (Å²) in [5.41, 5.74) is 0.639. The van der Waals surface area contributed by atoms with E-state index in [-0.39, 0.29) is 25.0 Å². The highest BCUT2D eigenvalue weighted by atomic mass is 16.6. The summed E-state index contributed by atoms with van der Waals surface area (Å²) in [5.74, 6) is -1.37. The van der Waals surface area contributed by atoms with Gasteiger partial charge in [-0.3, -0.25) is 14.4 Å². The van der Waals surface area contributed by atoms with Crippen LogP contribution in [0.3, 0.4) is 0 Å². The topological polar surface area (TPSA) is 114 Å². The number of benzene rings is 1. The SMILES string of the molecule is C=Cc1cccc(C(C(=O)NCC(=O)OC)N(C(=O)CNC(=O)OC(C)(C)C)C2CC2C)c1. The number of esters is 1. The molecule has 33 heavy (non-hydrogen) atoms. The molecule has 3 atom stereocenters. The molecule has 0 radical (unpaired) electrons. The van der Waals surface area contributed by atoms with Crippen molar-refractivity contribution >= 4 is 30.0 Å². The predicted octanol–water partition coefficient (Wildman–Crippen LogP) is 2.42. The minimum Gasteiger partial charge on any atom is -0.468 e. The molecule has 180 valence electrons. The Bertz CT molecular complexity index is 908. The lowest BCUT2D eigenvalue weighted by Crippen LogP contribution is -2.49. The molecule has 0 heterocycles. The van der Waals surface area contributed by atoms with Crippen LogP contribution in [0, 0.1) is 5.92 Å². The lowest BCUT2D eigenvalue weighted by molar-refractivity contribution is -0.144. The highest BCUT2D eigenvalue weighted by Gasteiger charge is 2.46. The number of carbonyl (C=O) groups excluding carboxylic acids is 4. The highest BCUT2D eigenvalue weighted by molar-refractivity contribution is 5.92. The van der Waals surface area contributed by atoms with E-state index < -0.39 is 35.5 Å². The molecule has 1 aliphatic carbocycles. The van der Waals surface area contributed by atoms with Gasteiger partial charge in [0.25, 0.3) is 0 Å². The lowest BCUT2D eigenvalue weighted by Gasteiger charge is -2.32. The Balaban J connectivity index is 2.32. The maximum atomic E-state index is 13.3. The van der Waals surface area contributed by atoms with E-state index in [2.05, 4.69) is 21.9 Å². The first kappa shape index (κ1) is 25.9. The van der Waals surface area contributed by atoms with Crippen molar-refractivity contribution in [3.8, 4) is 0 Å². The Morgan fingerprint density at radius 2 is 1.88 bits per heavy atom. The van der Waals surface area contributed by atoms with E-state index in [1.54, 1.807) is 45.0 Å². The van der Waals surface area contributed by atoms with Crippen molar-refractivity contribution in [1.82, 2.24) is 15.5 Å². The van der Waals surface area contributed by atoms with Crippen molar-refractivity contribution in [2.45, 2.75) is 51.8 Å². The summed E-state index contributed by atoms with van der Waals surface area (Å²) in [4.78, 5) is 51.6. The first-order chi connectivity index (χ1) is 15.5. The van der Waals surface area contributed by atoms with Crippen molar-refractivity contribution in [3.63, 3.8) is 0 Å². The van der Waals surface area contributed by atoms with E-state index in [1.807, 2.05) is 13.0 Å². The third kappa shape index (κ3) is 7.62. The van der Waals surface area contributed by atoms with Gasteiger partial charge in [0.15, 0.2) is 0 Å². The molecular formula is C24H33N3O6. The Labute approximate surface area is 194 Å². The third-order valence-electron chi connectivity index (χ3n) is 5.12. The average molecular weight is 460 g/mol. The smallest absolute Gasteiger partial charge is 0.408 e. The van der Waals surface area contributed by atoms with Gasteiger partial charge in [-0.05, 0) is 50.3 Å². The number of methoxy groups -OCH3 is 1. The molecule has 0 bridgehead atoms. The zero-order valence-electron chi connectivity index (χ0n) is 19.8. The fourth-order valence-electron chi connectivity index (χ4n) is 3.39. The first-order valence-corrected chi connectivity index (χ1v) is 10.8. The van der Waals surface area contributed by atoms with Gasteiger partial charge in [-0.15, -0.1) is 0 Å². The minimum atomic E-state index is -1.00. The van der Waals surface area contributed by atoms with Crippen LogP contribution in [0.5, 0.6) is 0 Å². The molecule has 3 unspecified atom stereocenters. The highest BCUT2D eigenvalue weighted by Crippen LogP contribution is 2.40. The lowest BCUT2D eigenvalue weighted by atomic mass is 10.0. The number of carbonyl (C=O) groups is 4. The van der Waals surface area contributed by atoms with Gasteiger partial charge in [0.05, 0.1) is 7.11 Å². The van der Waals surface area contributed by atoms with Crippen molar-refractivity contribution in [2.75, 3.05) is 20.2 Å². The molecular weight excluding hydrogens is 426 g/mol. The van der Waals surface area contributed by atoms with Gasteiger partial charge in [-0.1, -0.05) is 37.8 Å². The summed E-state index contributed by atoms with van der Waals surface area (Å²) in [6, 6.07) is 5.92. The monoisotopic (exact) mass is 459 g/mol. The number of amides is 3. The number of hydrogen-bond donors (Lipinski definition) is 2. The van der Waals surface area contributed by atoms with Crippen molar-refractivity contribution < 1.29 is 28.7 Å². The van der Waals surface area contributed by atoms with Crippen LogP contribution in [-0.2, 0) is 23.9 Å². The summed E-state index contributed by atoms with van der Waals surface area (Å²) in [5, 5.41) is 5.02. The number of rotatable bonds is 9. The molecule has 1 aromatic rings. The molecule has 2 rings (SSSR count). The zero-order valence-corrected chi connectivity index (χ0v) is 19.8. The molecule has 3 amide bonds. The van der Waals surface area contributed by atoms with Crippen LogP contribution in [0.15, 0.2) is 30.8 Å². The molecule has 9 nitrogen and oxygen atoms in total. The second-order valence-electron chi connectivity index (χ2n) is 9.01. The Morgan fingerprint density at radius 3 is 2.42 bits per heavy atom. The van der Waals surface area contributed by atoms with Crippen LogP contribution in [0.1, 0.15) is 51.3 Å². The summed E-state index contributed by atoms with van der Waals surface area (Å²) >= 11 is 0. The van der Waals surface area contributed by atoms with Gasteiger partial charge in [0.2, 0.25) is 11.8 Å². The fourth-order valence-corrected chi connectivity index (χ4v) is 3.39. The fraction of sp³-hybridized carbons (Fsp3) is 0.500. The van der Waals surface area contributed by atoms with E-state index in [0.717, 1.165) is 12.0 Å². The molecule has 0 aromatic heterocycles. The number of ether oxygens (including phenoxy) is 2. The molecule has 1 fully saturated rings. The van der Waals surface area contributed by atoms with Crippen LogP contribution >= 0.6 is 0 Å². The van der Waals surface area contributed by atoms with E-state index in [0.29, 0.717) is 5.56 Å². The normalized spacial score (nSPS) is 17.8. The zero-order chi connectivity index (χ0) is 24.8. The maximum absolute atomic E-state index is 13.3. The molecule has 1 aromatic carbocycles. The minimum absolute atomic E-state index is 0.181. The average Bonchev–Trinajstić information content (AvgIpc) is 3.48. The molecule has 0 spiro atoms. The summed E-state index contributed by atoms with van der Waals surface area (Å²) < 4.78 is 9.81.